The Bertz CT molecular complexity index is 1380. The van der Waals surface area contributed by atoms with Gasteiger partial charge in [0.2, 0.25) is 11.8 Å². The summed E-state index contributed by atoms with van der Waals surface area (Å²) in [5.41, 5.74) is 3.15. The van der Waals surface area contributed by atoms with Crippen LogP contribution in [0.15, 0.2) is 110 Å². The third-order valence-corrected chi connectivity index (χ3v) is 8.44. The van der Waals surface area contributed by atoms with E-state index in [0.717, 1.165) is 28.2 Å². The van der Waals surface area contributed by atoms with E-state index in [4.69, 9.17) is 9.47 Å². The molecule has 0 aliphatic rings. The molecule has 2 amide bonds. The van der Waals surface area contributed by atoms with Gasteiger partial charge >= 0.3 is 5.97 Å². The fraction of sp³-hybridized carbons (Fsp3) is 0.342. The van der Waals surface area contributed by atoms with Crippen molar-refractivity contribution in [3.05, 3.63) is 127 Å². The lowest BCUT2D eigenvalue weighted by molar-refractivity contribution is -0.145. The first-order valence-electron chi connectivity index (χ1n) is 15.9. The molecule has 3 N–H and O–H groups in total. The van der Waals surface area contributed by atoms with Crippen molar-refractivity contribution in [2.24, 2.45) is 5.92 Å². The summed E-state index contributed by atoms with van der Waals surface area (Å²) in [5.74, 6) is 0.282. The minimum atomic E-state index is -0.675. The number of rotatable bonds is 22. The van der Waals surface area contributed by atoms with E-state index in [1.807, 2.05) is 84.9 Å². The number of carbonyl (C=O) groups is 3. The SMILES string of the molecule is C=CCCC(=O)OC[C@H](CSCc1ccccc1)NC(=O)[C@H](CC=C)CC(=O)N[C@H](CO)Cc1ccc(OCc2ccccc2)cc1. The van der Waals surface area contributed by atoms with E-state index in [0.29, 0.717) is 25.2 Å². The van der Waals surface area contributed by atoms with Crippen molar-refractivity contribution < 1.29 is 29.0 Å². The topological polar surface area (TPSA) is 114 Å². The molecule has 250 valence electrons. The molecule has 47 heavy (non-hydrogen) atoms. The summed E-state index contributed by atoms with van der Waals surface area (Å²) in [7, 11) is 0. The first-order valence-corrected chi connectivity index (χ1v) is 17.0. The Kier molecular flexibility index (Phi) is 16.9. The summed E-state index contributed by atoms with van der Waals surface area (Å²) < 4.78 is 11.3. The number of esters is 1. The van der Waals surface area contributed by atoms with Crippen molar-refractivity contribution in [1.82, 2.24) is 10.6 Å². The second-order valence-corrected chi connectivity index (χ2v) is 12.2. The average Bonchev–Trinajstić information content (AvgIpc) is 3.09. The Morgan fingerprint density at radius 2 is 1.51 bits per heavy atom. The Labute approximate surface area is 282 Å². The summed E-state index contributed by atoms with van der Waals surface area (Å²) in [6.45, 7) is 7.63. The number of ether oxygens (including phenoxy) is 2. The molecule has 3 atom stereocenters. The number of aliphatic hydroxyl groups excluding tert-OH is 1. The van der Waals surface area contributed by atoms with Gasteiger partial charge in [0.15, 0.2) is 0 Å². The molecule has 0 bridgehead atoms. The third-order valence-electron chi connectivity index (χ3n) is 7.27. The summed E-state index contributed by atoms with van der Waals surface area (Å²) in [6, 6.07) is 26.4. The van der Waals surface area contributed by atoms with Crippen molar-refractivity contribution in [2.75, 3.05) is 19.0 Å². The first-order chi connectivity index (χ1) is 22.9. The number of allylic oxidation sites excluding steroid dienone is 2. The highest BCUT2D eigenvalue weighted by Crippen LogP contribution is 2.17. The second kappa shape index (κ2) is 21.5. The Hall–Kier alpha value is -4.34. The maximum Gasteiger partial charge on any atom is 0.306 e. The molecule has 0 fully saturated rings. The maximum atomic E-state index is 13.4. The Morgan fingerprint density at radius 3 is 2.15 bits per heavy atom. The van der Waals surface area contributed by atoms with Crippen molar-refractivity contribution in [1.29, 1.82) is 0 Å². The number of hydrogen-bond donors (Lipinski definition) is 3. The lowest BCUT2D eigenvalue weighted by Gasteiger charge is -2.23. The molecule has 0 spiro atoms. The van der Waals surface area contributed by atoms with Gasteiger partial charge in [0.05, 0.1) is 24.6 Å². The summed E-state index contributed by atoms with van der Waals surface area (Å²) in [5, 5.41) is 15.9. The molecule has 0 aliphatic heterocycles. The predicted octanol–water partition coefficient (Wildman–Crippen LogP) is 5.80. The van der Waals surface area contributed by atoms with Crippen LogP contribution in [-0.4, -0.2) is 53.9 Å². The maximum absolute atomic E-state index is 13.4. The highest BCUT2D eigenvalue weighted by molar-refractivity contribution is 7.98. The largest absolute Gasteiger partial charge is 0.489 e. The van der Waals surface area contributed by atoms with Gasteiger partial charge in [-0.15, -0.1) is 13.2 Å². The molecular weight excluding hydrogens is 612 g/mol. The minimum Gasteiger partial charge on any atom is -0.489 e. The quantitative estimate of drug-likeness (QED) is 0.0925. The molecular formula is C38H46N2O6S. The standard InChI is InChI=1S/C38H46N2O6S/c1-3-5-17-37(43)46-26-34(28-47-27-31-15-10-7-11-16-31)40-38(44)32(12-4-2)23-36(42)39-33(24-41)22-29-18-20-35(21-19-29)45-25-30-13-8-6-9-14-30/h3-4,6-11,13-16,18-21,32-34,41H,1-2,5,12,17,22-28H2,(H,39,42)(H,40,44)/t32-,33+,34-/m1/s1. The molecule has 0 aromatic heterocycles. The van der Waals surface area contributed by atoms with Crippen molar-refractivity contribution in [3.8, 4) is 5.75 Å². The number of amides is 2. The lowest BCUT2D eigenvalue weighted by Crippen LogP contribution is -2.45. The van der Waals surface area contributed by atoms with Crippen LogP contribution >= 0.6 is 11.8 Å². The van der Waals surface area contributed by atoms with E-state index in [1.165, 1.54) is 0 Å². The average molecular weight is 659 g/mol. The lowest BCUT2D eigenvalue weighted by atomic mass is 9.98. The normalized spacial score (nSPS) is 12.6. The van der Waals surface area contributed by atoms with E-state index in [9.17, 15) is 19.5 Å². The van der Waals surface area contributed by atoms with Crippen molar-refractivity contribution in [2.45, 2.75) is 56.5 Å². The molecule has 3 aromatic rings. The molecule has 0 saturated carbocycles. The fourth-order valence-electron chi connectivity index (χ4n) is 4.73. The highest BCUT2D eigenvalue weighted by atomic mass is 32.2. The van der Waals surface area contributed by atoms with Gasteiger partial charge in [0, 0.05) is 24.3 Å². The van der Waals surface area contributed by atoms with Gasteiger partial charge in [-0.3, -0.25) is 14.4 Å². The van der Waals surface area contributed by atoms with Gasteiger partial charge in [-0.2, -0.15) is 11.8 Å². The number of hydrogen-bond acceptors (Lipinski definition) is 7. The minimum absolute atomic E-state index is 0.0270. The second-order valence-electron chi connectivity index (χ2n) is 11.2. The van der Waals surface area contributed by atoms with Crippen LogP contribution in [0.5, 0.6) is 5.75 Å². The molecule has 0 aliphatic carbocycles. The summed E-state index contributed by atoms with van der Waals surface area (Å²) in [6.07, 6.45) is 4.62. The Morgan fingerprint density at radius 1 is 0.830 bits per heavy atom. The molecule has 0 heterocycles. The van der Waals surface area contributed by atoms with E-state index < -0.39 is 18.0 Å². The number of aliphatic hydroxyl groups is 1. The number of nitrogens with one attached hydrogen (secondary N) is 2. The Balaban J connectivity index is 1.53. The van der Waals surface area contributed by atoms with Crippen LogP contribution < -0.4 is 15.4 Å². The molecule has 8 nitrogen and oxygen atoms in total. The fourth-order valence-corrected chi connectivity index (χ4v) is 5.74. The van der Waals surface area contributed by atoms with Gasteiger partial charge in [-0.05, 0) is 48.1 Å². The van der Waals surface area contributed by atoms with Crippen LogP contribution in [0, 0.1) is 5.92 Å². The van der Waals surface area contributed by atoms with Gasteiger partial charge in [0.1, 0.15) is 19.0 Å². The molecule has 3 aromatic carbocycles. The van der Waals surface area contributed by atoms with E-state index >= 15 is 0 Å². The van der Waals surface area contributed by atoms with Gasteiger partial charge in [-0.25, -0.2) is 0 Å². The van der Waals surface area contributed by atoms with Gasteiger partial charge in [0.25, 0.3) is 0 Å². The highest BCUT2D eigenvalue weighted by Gasteiger charge is 2.25. The molecule has 3 rings (SSSR count). The zero-order valence-corrected chi connectivity index (χ0v) is 27.7. The van der Waals surface area contributed by atoms with Crippen LogP contribution in [0.2, 0.25) is 0 Å². The smallest absolute Gasteiger partial charge is 0.306 e. The summed E-state index contributed by atoms with van der Waals surface area (Å²) >= 11 is 1.62. The van der Waals surface area contributed by atoms with Crippen LogP contribution in [0.3, 0.4) is 0 Å². The summed E-state index contributed by atoms with van der Waals surface area (Å²) in [4.78, 5) is 38.6. The monoisotopic (exact) mass is 658 g/mol. The number of benzene rings is 3. The van der Waals surface area contributed by atoms with Crippen LogP contribution in [0.25, 0.3) is 0 Å². The van der Waals surface area contributed by atoms with E-state index in [2.05, 4.69) is 23.8 Å². The van der Waals surface area contributed by atoms with E-state index in [-0.39, 0.29) is 50.3 Å². The zero-order valence-electron chi connectivity index (χ0n) is 26.9. The molecule has 9 heteroatoms. The molecule has 0 saturated heterocycles. The van der Waals surface area contributed by atoms with Crippen LogP contribution in [-0.2, 0) is 37.9 Å². The van der Waals surface area contributed by atoms with E-state index in [1.54, 1.807) is 23.9 Å². The zero-order chi connectivity index (χ0) is 33.7. The van der Waals surface area contributed by atoms with Gasteiger partial charge < -0.3 is 25.2 Å². The van der Waals surface area contributed by atoms with Crippen LogP contribution in [0.4, 0.5) is 0 Å². The predicted molar refractivity (Wildman–Crippen MR) is 188 cm³/mol. The molecule has 0 unspecified atom stereocenters. The molecule has 0 radical (unpaired) electrons. The number of thioether (sulfide) groups is 1. The van der Waals surface area contributed by atoms with Crippen molar-refractivity contribution in [3.63, 3.8) is 0 Å². The van der Waals surface area contributed by atoms with Crippen LogP contribution in [0.1, 0.15) is 42.4 Å². The first kappa shape index (κ1) is 37.1. The van der Waals surface area contributed by atoms with Crippen molar-refractivity contribution >= 4 is 29.5 Å². The number of carbonyl (C=O) groups excluding carboxylic acids is 3. The van der Waals surface area contributed by atoms with Gasteiger partial charge in [-0.1, -0.05) is 84.9 Å². The third kappa shape index (κ3) is 14.7.